The van der Waals surface area contributed by atoms with Crippen LogP contribution >= 0.6 is 11.6 Å². The Hall–Kier alpha value is -1.22. The molecule has 0 saturated heterocycles. The van der Waals surface area contributed by atoms with Gasteiger partial charge in [-0.2, -0.15) is 0 Å². The molecule has 1 rings (SSSR count). The van der Waals surface area contributed by atoms with Gasteiger partial charge in [-0.1, -0.05) is 11.6 Å². The van der Waals surface area contributed by atoms with Gasteiger partial charge in [-0.05, 0) is 13.0 Å². The quantitative estimate of drug-likeness (QED) is 0.745. The SMILES string of the molecule is COc1c(Cl)cc(C=O)c(O)c1C. The highest BCUT2D eigenvalue weighted by Crippen LogP contribution is 2.36. The maximum atomic E-state index is 10.5. The third kappa shape index (κ3) is 1.60. The predicted octanol–water partition coefficient (Wildman–Crippen LogP) is 2.18. The summed E-state index contributed by atoms with van der Waals surface area (Å²) in [5.41, 5.74) is 0.639. The monoisotopic (exact) mass is 200 g/mol. The van der Waals surface area contributed by atoms with Gasteiger partial charge in [0.15, 0.2) is 6.29 Å². The minimum absolute atomic E-state index is 0.0868. The number of ether oxygens (including phenoxy) is 1. The highest BCUT2D eigenvalue weighted by atomic mass is 35.5. The number of hydrogen-bond acceptors (Lipinski definition) is 3. The van der Waals surface area contributed by atoms with Gasteiger partial charge in [-0.3, -0.25) is 4.79 Å². The van der Waals surface area contributed by atoms with Crippen LogP contribution in [0.4, 0.5) is 0 Å². The second-order valence-corrected chi connectivity index (χ2v) is 2.98. The van der Waals surface area contributed by atoms with Crippen molar-refractivity contribution in [3.8, 4) is 11.5 Å². The van der Waals surface area contributed by atoms with E-state index in [0.717, 1.165) is 0 Å². The zero-order chi connectivity index (χ0) is 10.0. The first-order valence-corrected chi connectivity index (χ1v) is 4.00. The van der Waals surface area contributed by atoms with E-state index in [-0.39, 0.29) is 11.3 Å². The van der Waals surface area contributed by atoms with Gasteiger partial charge in [0.05, 0.1) is 17.7 Å². The Morgan fingerprint density at radius 1 is 1.62 bits per heavy atom. The largest absolute Gasteiger partial charge is 0.507 e. The van der Waals surface area contributed by atoms with Crippen molar-refractivity contribution in [3.05, 3.63) is 22.2 Å². The smallest absolute Gasteiger partial charge is 0.153 e. The summed E-state index contributed by atoms with van der Waals surface area (Å²) in [7, 11) is 1.45. The number of carbonyl (C=O) groups excluding carboxylic acids is 1. The van der Waals surface area contributed by atoms with Crippen molar-refractivity contribution >= 4 is 17.9 Å². The Balaban J connectivity index is 3.45. The molecule has 1 aromatic rings. The third-order valence-electron chi connectivity index (χ3n) is 1.80. The van der Waals surface area contributed by atoms with Crippen LogP contribution in [0.5, 0.6) is 11.5 Å². The Morgan fingerprint density at radius 3 is 2.69 bits per heavy atom. The lowest BCUT2D eigenvalue weighted by atomic mass is 10.1. The van der Waals surface area contributed by atoms with E-state index < -0.39 is 0 Å². The summed E-state index contributed by atoms with van der Waals surface area (Å²) in [6.07, 6.45) is 0.549. The molecule has 0 heterocycles. The van der Waals surface area contributed by atoms with E-state index in [1.807, 2.05) is 0 Å². The summed E-state index contributed by atoms with van der Waals surface area (Å²) in [6, 6.07) is 1.37. The van der Waals surface area contributed by atoms with Crippen molar-refractivity contribution < 1.29 is 14.6 Å². The van der Waals surface area contributed by atoms with Crippen molar-refractivity contribution in [2.24, 2.45) is 0 Å². The molecule has 13 heavy (non-hydrogen) atoms. The highest BCUT2D eigenvalue weighted by molar-refractivity contribution is 6.32. The van der Waals surface area contributed by atoms with E-state index in [9.17, 15) is 9.90 Å². The minimum atomic E-state index is -0.0868. The molecular formula is C9H9ClO3. The Kier molecular flexibility index (Phi) is 2.78. The molecule has 0 unspecified atom stereocenters. The van der Waals surface area contributed by atoms with Gasteiger partial charge in [0.1, 0.15) is 11.5 Å². The predicted molar refractivity (Wildman–Crippen MR) is 49.8 cm³/mol. The molecule has 0 spiro atoms. The molecule has 3 nitrogen and oxygen atoms in total. The summed E-state index contributed by atoms with van der Waals surface area (Å²) in [5.74, 6) is 0.306. The molecule has 0 aliphatic carbocycles. The van der Waals surface area contributed by atoms with E-state index in [4.69, 9.17) is 16.3 Å². The van der Waals surface area contributed by atoms with Gasteiger partial charge in [0, 0.05) is 5.56 Å². The fourth-order valence-electron chi connectivity index (χ4n) is 1.11. The number of rotatable bonds is 2. The summed E-state index contributed by atoms with van der Waals surface area (Å²) in [4.78, 5) is 10.5. The molecule has 0 atom stereocenters. The van der Waals surface area contributed by atoms with Crippen LogP contribution in [0.15, 0.2) is 6.07 Å². The van der Waals surface area contributed by atoms with Gasteiger partial charge >= 0.3 is 0 Å². The topological polar surface area (TPSA) is 46.5 Å². The van der Waals surface area contributed by atoms with Crippen LogP contribution in [-0.2, 0) is 0 Å². The second-order valence-electron chi connectivity index (χ2n) is 2.57. The molecule has 0 amide bonds. The van der Waals surface area contributed by atoms with Crippen molar-refractivity contribution in [2.45, 2.75) is 6.92 Å². The zero-order valence-corrected chi connectivity index (χ0v) is 8.05. The van der Waals surface area contributed by atoms with Crippen LogP contribution in [0.3, 0.4) is 0 Å². The number of hydrogen-bond donors (Lipinski definition) is 1. The normalized spacial score (nSPS) is 9.77. The minimum Gasteiger partial charge on any atom is -0.507 e. The Bertz CT molecular complexity index is 347. The molecule has 0 aliphatic rings. The molecule has 0 fully saturated rings. The number of phenols is 1. The van der Waals surface area contributed by atoms with Crippen molar-refractivity contribution in [2.75, 3.05) is 7.11 Å². The molecule has 0 aliphatic heterocycles. The van der Waals surface area contributed by atoms with Gasteiger partial charge in [-0.25, -0.2) is 0 Å². The summed E-state index contributed by atoms with van der Waals surface area (Å²) in [5, 5.41) is 9.78. The molecule has 0 radical (unpaired) electrons. The van der Waals surface area contributed by atoms with E-state index in [1.165, 1.54) is 13.2 Å². The lowest BCUT2D eigenvalue weighted by molar-refractivity contribution is 0.112. The highest BCUT2D eigenvalue weighted by Gasteiger charge is 2.13. The Morgan fingerprint density at radius 2 is 2.23 bits per heavy atom. The number of aromatic hydroxyl groups is 1. The Labute approximate surface area is 80.9 Å². The number of methoxy groups -OCH3 is 1. The van der Waals surface area contributed by atoms with Gasteiger partial charge in [0.2, 0.25) is 0 Å². The molecule has 0 saturated carbocycles. The molecule has 0 bridgehead atoms. The first-order chi connectivity index (χ1) is 6.11. The molecule has 4 heteroatoms. The maximum Gasteiger partial charge on any atom is 0.153 e. The molecular weight excluding hydrogens is 192 g/mol. The van der Waals surface area contributed by atoms with Gasteiger partial charge in [-0.15, -0.1) is 0 Å². The van der Waals surface area contributed by atoms with Crippen LogP contribution in [0.2, 0.25) is 5.02 Å². The average Bonchev–Trinajstić information content (AvgIpc) is 2.12. The van der Waals surface area contributed by atoms with Crippen molar-refractivity contribution in [1.29, 1.82) is 0 Å². The molecule has 1 aromatic carbocycles. The number of benzene rings is 1. The number of phenolic OH excluding ortho intramolecular Hbond substituents is 1. The number of halogens is 1. The number of carbonyl (C=O) groups is 1. The first-order valence-electron chi connectivity index (χ1n) is 3.63. The fraction of sp³-hybridized carbons (Fsp3) is 0.222. The maximum absolute atomic E-state index is 10.5. The van der Waals surface area contributed by atoms with Crippen LogP contribution in [-0.4, -0.2) is 18.5 Å². The summed E-state index contributed by atoms with van der Waals surface area (Å²) < 4.78 is 4.95. The summed E-state index contributed by atoms with van der Waals surface area (Å²) in [6.45, 7) is 1.63. The number of aldehydes is 1. The van der Waals surface area contributed by atoms with Crippen molar-refractivity contribution in [3.63, 3.8) is 0 Å². The second kappa shape index (κ2) is 3.66. The average molecular weight is 201 g/mol. The molecule has 1 N–H and O–H groups in total. The standard InChI is InChI=1S/C9H9ClO3/c1-5-8(12)6(4-11)3-7(10)9(5)13-2/h3-4,12H,1-2H3. The van der Waals surface area contributed by atoms with E-state index in [1.54, 1.807) is 6.92 Å². The lowest BCUT2D eigenvalue weighted by Gasteiger charge is -2.09. The van der Waals surface area contributed by atoms with E-state index in [2.05, 4.69) is 0 Å². The van der Waals surface area contributed by atoms with E-state index in [0.29, 0.717) is 22.6 Å². The van der Waals surface area contributed by atoms with Gasteiger partial charge < -0.3 is 9.84 Å². The summed E-state index contributed by atoms with van der Waals surface area (Å²) >= 11 is 5.79. The molecule has 0 aromatic heterocycles. The first kappa shape index (κ1) is 9.86. The van der Waals surface area contributed by atoms with Crippen molar-refractivity contribution in [1.82, 2.24) is 0 Å². The third-order valence-corrected chi connectivity index (χ3v) is 2.08. The van der Waals surface area contributed by atoms with Crippen LogP contribution in [0, 0.1) is 6.92 Å². The fourth-order valence-corrected chi connectivity index (χ4v) is 1.45. The van der Waals surface area contributed by atoms with Gasteiger partial charge in [0.25, 0.3) is 0 Å². The zero-order valence-electron chi connectivity index (χ0n) is 7.30. The molecule has 70 valence electrons. The van der Waals surface area contributed by atoms with Crippen LogP contribution in [0.1, 0.15) is 15.9 Å². The van der Waals surface area contributed by atoms with Crippen LogP contribution < -0.4 is 4.74 Å². The van der Waals surface area contributed by atoms with Crippen LogP contribution in [0.25, 0.3) is 0 Å². The van der Waals surface area contributed by atoms with E-state index >= 15 is 0 Å². The lowest BCUT2D eigenvalue weighted by Crippen LogP contribution is -1.92.